The highest BCUT2D eigenvalue weighted by Crippen LogP contribution is 2.43. The van der Waals surface area contributed by atoms with Crippen LogP contribution in [0.2, 0.25) is 5.02 Å². The summed E-state index contributed by atoms with van der Waals surface area (Å²) >= 11 is 6.08. The van der Waals surface area contributed by atoms with Crippen molar-refractivity contribution in [1.29, 1.82) is 0 Å². The number of piperazine rings is 1. The molecule has 1 aromatic rings. The summed E-state index contributed by atoms with van der Waals surface area (Å²) < 4.78 is 0. The number of rotatable bonds is 3. The molecule has 0 atom stereocenters. The van der Waals surface area contributed by atoms with Crippen molar-refractivity contribution in [1.82, 2.24) is 9.80 Å². The fourth-order valence-corrected chi connectivity index (χ4v) is 3.87. The second kappa shape index (κ2) is 6.96. The fraction of sp³-hybridized carbons (Fsp3) is 0.600. The van der Waals surface area contributed by atoms with Crippen molar-refractivity contribution < 1.29 is 0 Å². The zero-order chi connectivity index (χ0) is 16.4. The maximum Gasteiger partial charge on any atom is 0.0406 e. The molecule has 0 amide bonds. The van der Waals surface area contributed by atoms with Gasteiger partial charge in [-0.1, -0.05) is 43.2 Å². The van der Waals surface area contributed by atoms with Gasteiger partial charge >= 0.3 is 0 Å². The summed E-state index contributed by atoms with van der Waals surface area (Å²) in [5.74, 6) is 0. The quantitative estimate of drug-likeness (QED) is 0.801. The molecule has 0 N–H and O–H groups in total. The van der Waals surface area contributed by atoms with Crippen molar-refractivity contribution in [2.75, 3.05) is 39.8 Å². The second-order valence-electron chi connectivity index (χ2n) is 8.01. The molecule has 1 saturated heterocycles. The molecule has 0 spiro atoms. The molecule has 1 fully saturated rings. The first-order valence-electron chi connectivity index (χ1n) is 8.81. The Labute approximate surface area is 146 Å². The van der Waals surface area contributed by atoms with Crippen LogP contribution in [0.25, 0.3) is 5.57 Å². The van der Waals surface area contributed by atoms with Crippen LogP contribution in [0.4, 0.5) is 0 Å². The molecule has 0 aromatic heterocycles. The third-order valence-corrected chi connectivity index (χ3v) is 5.64. The van der Waals surface area contributed by atoms with Crippen LogP contribution < -0.4 is 0 Å². The van der Waals surface area contributed by atoms with Gasteiger partial charge < -0.3 is 4.90 Å². The molecule has 1 aliphatic heterocycles. The highest BCUT2D eigenvalue weighted by atomic mass is 35.5. The molecule has 1 aliphatic carbocycles. The van der Waals surface area contributed by atoms with Crippen LogP contribution in [-0.4, -0.2) is 49.6 Å². The van der Waals surface area contributed by atoms with Crippen LogP contribution in [0.3, 0.4) is 0 Å². The average molecular weight is 333 g/mol. The molecule has 2 nitrogen and oxygen atoms in total. The highest BCUT2D eigenvalue weighted by molar-refractivity contribution is 6.30. The van der Waals surface area contributed by atoms with Gasteiger partial charge in [-0.25, -0.2) is 0 Å². The summed E-state index contributed by atoms with van der Waals surface area (Å²) in [6.07, 6.45) is 3.71. The highest BCUT2D eigenvalue weighted by Gasteiger charge is 2.28. The average Bonchev–Trinajstić information content (AvgIpc) is 2.52. The van der Waals surface area contributed by atoms with E-state index in [4.69, 9.17) is 11.6 Å². The number of hydrogen-bond donors (Lipinski definition) is 0. The molecule has 126 valence electrons. The first-order chi connectivity index (χ1) is 10.9. The van der Waals surface area contributed by atoms with Gasteiger partial charge in [0.05, 0.1) is 0 Å². The monoisotopic (exact) mass is 332 g/mol. The molecular weight excluding hydrogens is 304 g/mol. The number of benzene rings is 1. The van der Waals surface area contributed by atoms with E-state index < -0.39 is 0 Å². The third kappa shape index (κ3) is 4.37. The fourth-order valence-electron chi connectivity index (χ4n) is 3.74. The van der Waals surface area contributed by atoms with E-state index in [9.17, 15) is 0 Å². The maximum absolute atomic E-state index is 6.08. The number of hydrogen-bond acceptors (Lipinski definition) is 2. The second-order valence-corrected chi connectivity index (χ2v) is 8.45. The summed E-state index contributed by atoms with van der Waals surface area (Å²) in [7, 11) is 2.22. The van der Waals surface area contributed by atoms with Gasteiger partial charge in [0.1, 0.15) is 0 Å². The molecule has 0 radical (unpaired) electrons. The van der Waals surface area contributed by atoms with Gasteiger partial charge in [0.25, 0.3) is 0 Å². The van der Waals surface area contributed by atoms with Crippen molar-refractivity contribution in [2.24, 2.45) is 5.41 Å². The zero-order valence-electron chi connectivity index (χ0n) is 14.7. The molecule has 3 heteroatoms. The van der Waals surface area contributed by atoms with Gasteiger partial charge in [0.2, 0.25) is 0 Å². The largest absolute Gasteiger partial charge is 0.304 e. The van der Waals surface area contributed by atoms with Crippen LogP contribution in [0, 0.1) is 5.41 Å². The van der Waals surface area contributed by atoms with Crippen LogP contribution in [0.5, 0.6) is 0 Å². The molecule has 0 unspecified atom stereocenters. The van der Waals surface area contributed by atoms with E-state index in [-0.39, 0.29) is 0 Å². The Bertz CT molecular complexity index is 566. The number of allylic oxidation sites excluding steroid dienone is 1. The van der Waals surface area contributed by atoms with Crippen LogP contribution >= 0.6 is 11.6 Å². The minimum absolute atomic E-state index is 0.403. The Hall–Kier alpha value is -0.830. The Morgan fingerprint density at radius 3 is 2.35 bits per heavy atom. The van der Waals surface area contributed by atoms with Crippen molar-refractivity contribution in [3.8, 4) is 0 Å². The van der Waals surface area contributed by atoms with Crippen LogP contribution in [-0.2, 0) is 0 Å². The van der Waals surface area contributed by atoms with E-state index in [1.807, 2.05) is 12.1 Å². The third-order valence-electron chi connectivity index (χ3n) is 5.39. The lowest BCUT2D eigenvalue weighted by molar-refractivity contribution is 0.161. The topological polar surface area (TPSA) is 6.48 Å². The van der Waals surface area contributed by atoms with Gasteiger partial charge in [-0.2, -0.15) is 0 Å². The van der Waals surface area contributed by atoms with Crippen molar-refractivity contribution in [3.05, 3.63) is 40.4 Å². The Balaban J connectivity index is 1.84. The van der Waals surface area contributed by atoms with Gasteiger partial charge in [0, 0.05) is 37.7 Å². The summed E-state index contributed by atoms with van der Waals surface area (Å²) in [6.45, 7) is 10.7. The lowest BCUT2D eigenvalue weighted by Crippen LogP contribution is -2.45. The molecule has 2 aliphatic rings. The summed E-state index contributed by atoms with van der Waals surface area (Å²) in [5.41, 5.74) is 4.99. The number of likely N-dealkylation sites (N-methyl/N-ethyl adjacent to an activating group) is 1. The Kier molecular flexibility index (Phi) is 5.15. The molecule has 1 aromatic carbocycles. The first-order valence-corrected chi connectivity index (χ1v) is 9.18. The molecule has 0 bridgehead atoms. The predicted octanol–water partition coefficient (Wildman–Crippen LogP) is 4.55. The van der Waals surface area contributed by atoms with Gasteiger partial charge in [-0.15, -0.1) is 0 Å². The summed E-state index contributed by atoms with van der Waals surface area (Å²) in [5, 5.41) is 0.824. The van der Waals surface area contributed by atoms with E-state index in [0.717, 1.165) is 11.6 Å². The van der Waals surface area contributed by atoms with Crippen molar-refractivity contribution in [3.63, 3.8) is 0 Å². The van der Waals surface area contributed by atoms with Crippen molar-refractivity contribution >= 4 is 17.2 Å². The molecule has 23 heavy (non-hydrogen) atoms. The summed E-state index contributed by atoms with van der Waals surface area (Å²) in [6, 6.07) is 8.45. The maximum atomic E-state index is 6.08. The van der Waals surface area contributed by atoms with Gasteiger partial charge in [-0.05, 0) is 55.0 Å². The minimum Gasteiger partial charge on any atom is -0.304 e. The van der Waals surface area contributed by atoms with Crippen LogP contribution in [0.1, 0.15) is 38.7 Å². The van der Waals surface area contributed by atoms with Gasteiger partial charge in [0.15, 0.2) is 0 Å². The SMILES string of the molecule is CN1CCN(CC2=C(c3ccc(Cl)cc3)CC(C)(C)CC2)CC1. The molecular formula is C20H29ClN2. The lowest BCUT2D eigenvalue weighted by Gasteiger charge is -2.37. The number of nitrogens with zero attached hydrogens (tertiary/aromatic N) is 2. The predicted molar refractivity (Wildman–Crippen MR) is 99.9 cm³/mol. The van der Waals surface area contributed by atoms with E-state index in [0.29, 0.717) is 5.41 Å². The van der Waals surface area contributed by atoms with Crippen molar-refractivity contribution in [2.45, 2.75) is 33.1 Å². The lowest BCUT2D eigenvalue weighted by atomic mass is 9.72. The molecule has 0 saturated carbocycles. The normalized spacial score (nSPS) is 23.3. The zero-order valence-corrected chi connectivity index (χ0v) is 15.5. The molecule has 3 rings (SSSR count). The van der Waals surface area contributed by atoms with E-state index in [1.165, 1.54) is 51.0 Å². The standard InChI is InChI=1S/C20H29ClN2/c1-20(2)9-8-17(15-23-12-10-22(3)11-13-23)19(14-20)16-4-6-18(21)7-5-16/h4-7H,8-15H2,1-3H3. The molecule has 1 heterocycles. The smallest absolute Gasteiger partial charge is 0.0406 e. The first kappa shape index (κ1) is 17.0. The Morgan fingerprint density at radius 1 is 1.04 bits per heavy atom. The number of halogens is 1. The summed E-state index contributed by atoms with van der Waals surface area (Å²) in [4.78, 5) is 5.05. The Morgan fingerprint density at radius 2 is 1.70 bits per heavy atom. The minimum atomic E-state index is 0.403. The van der Waals surface area contributed by atoms with E-state index in [2.05, 4.69) is 42.8 Å². The van der Waals surface area contributed by atoms with E-state index in [1.54, 1.807) is 11.1 Å². The van der Waals surface area contributed by atoms with Crippen LogP contribution in [0.15, 0.2) is 29.8 Å². The van der Waals surface area contributed by atoms with E-state index >= 15 is 0 Å². The van der Waals surface area contributed by atoms with Gasteiger partial charge in [-0.3, -0.25) is 4.90 Å².